The number of nitrogens with one attached hydrogen (secondary N) is 1. The molecule has 1 amide bonds. The van der Waals surface area contributed by atoms with Gasteiger partial charge in [0.15, 0.2) is 6.10 Å². The normalized spacial score (nSPS) is 11.8. The lowest BCUT2D eigenvalue weighted by atomic mass is 10.1. The summed E-state index contributed by atoms with van der Waals surface area (Å²) in [7, 11) is 0. The van der Waals surface area contributed by atoms with Crippen molar-refractivity contribution in [2.24, 2.45) is 0 Å². The van der Waals surface area contributed by atoms with Crippen molar-refractivity contribution in [1.29, 1.82) is 0 Å². The molecule has 1 N–H and O–H groups in total. The number of carbonyl (C=O) groups is 1. The lowest BCUT2D eigenvalue weighted by Gasteiger charge is -2.15. The zero-order chi connectivity index (χ0) is 15.4. The summed E-state index contributed by atoms with van der Waals surface area (Å²) in [5, 5.41) is 3.49. The summed E-state index contributed by atoms with van der Waals surface area (Å²) in [5.41, 5.74) is 3.10. The molecule has 0 saturated heterocycles. The van der Waals surface area contributed by atoms with Gasteiger partial charge in [-0.2, -0.15) is 0 Å². The molecule has 0 fully saturated rings. The third-order valence-electron chi connectivity index (χ3n) is 3.27. The minimum absolute atomic E-state index is 0.187. The molecule has 21 heavy (non-hydrogen) atoms. The van der Waals surface area contributed by atoms with Crippen LogP contribution in [-0.4, -0.2) is 12.0 Å². The van der Waals surface area contributed by atoms with Crippen molar-refractivity contribution in [2.45, 2.75) is 26.9 Å². The van der Waals surface area contributed by atoms with Crippen LogP contribution in [0.15, 0.2) is 42.5 Å². The second-order valence-electron chi connectivity index (χ2n) is 5.00. The van der Waals surface area contributed by atoms with Gasteiger partial charge >= 0.3 is 0 Å². The number of amides is 1. The molecule has 0 saturated carbocycles. The van der Waals surface area contributed by atoms with Crippen LogP contribution in [-0.2, 0) is 4.79 Å². The third-order valence-corrected chi connectivity index (χ3v) is 3.52. The highest BCUT2D eigenvalue weighted by molar-refractivity contribution is 6.30. The molecule has 0 spiro atoms. The van der Waals surface area contributed by atoms with E-state index in [1.165, 1.54) is 5.56 Å². The van der Waals surface area contributed by atoms with E-state index in [1.54, 1.807) is 31.2 Å². The van der Waals surface area contributed by atoms with Crippen LogP contribution in [0.5, 0.6) is 5.75 Å². The Balaban J connectivity index is 1.98. The number of benzene rings is 2. The largest absolute Gasteiger partial charge is 0.481 e. The van der Waals surface area contributed by atoms with Gasteiger partial charge in [0, 0.05) is 10.7 Å². The summed E-state index contributed by atoms with van der Waals surface area (Å²) in [6, 6.07) is 12.7. The number of hydrogen-bond donors (Lipinski definition) is 1. The minimum Gasteiger partial charge on any atom is -0.481 e. The first-order chi connectivity index (χ1) is 9.95. The fourth-order valence-electron chi connectivity index (χ4n) is 1.83. The SMILES string of the molecule is Cc1ccc(NC(=O)[C@H](C)Oc2ccc(Cl)cc2)cc1C. The molecule has 0 radical (unpaired) electrons. The molecule has 0 aromatic heterocycles. The van der Waals surface area contributed by atoms with Crippen LogP contribution in [0.4, 0.5) is 5.69 Å². The molecule has 0 unspecified atom stereocenters. The van der Waals surface area contributed by atoms with Gasteiger partial charge in [0.1, 0.15) is 5.75 Å². The average molecular weight is 304 g/mol. The van der Waals surface area contributed by atoms with Crippen LogP contribution >= 0.6 is 11.6 Å². The maximum absolute atomic E-state index is 12.1. The predicted octanol–water partition coefficient (Wildman–Crippen LogP) is 4.36. The van der Waals surface area contributed by atoms with Gasteiger partial charge in [-0.05, 0) is 68.3 Å². The topological polar surface area (TPSA) is 38.3 Å². The molecule has 0 aliphatic heterocycles. The van der Waals surface area contributed by atoms with Gasteiger partial charge in [-0.25, -0.2) is 0 Å². The van der Waals surface area contributed by atoms with Crippen LogP contribution in [0.25, 0.3) is 0 Å². The fraction of sp³-hybridized carbons (Fsp3) is 0.235. The summed E-state index contributed by atoms with van der Waals surface area (Å²) < 4.78 is 5.59. The highest BCUT2D eigenvalue weighted by atomic mass is 35.5. The van der Waals surface area contributed by atoms with Crippen molar-refractivity contribution in [3.63, 3.8) is 0 Å². The van der Waals surface area contributed by atoms with Crippen molar-refractivity contribution >= 4 is 23.2 Å². The Morgan fingerprint density at radius 2 is 1.76 bits per heavy atom. The fourth-order valence-corrected chi connectivity index (χ4v) is 1.96. The second-order valence-corrected chi connectivity index (χ2v) is 5.44. The Labute approximate surface area is 129 Å². The molecule has 0 aliphatic rings. The van der Waals surface area contributed by atoms with Gasteiger partial charge in [0.25, 0.3) is 5.91 Å². The first kappa shape index (κ1) is 15.4. The number of aryl methyl sites for hydroxylation is 2. The van der Waals surface area contributed by atoms with Crippen LogP contribution in [0.2, 0.25) is 5.02 Å². The number of halogens is 1. The molecule has 4 heteroatoms. The summed E-state index contributed by atoms with van der Waals surface area (Å²) in [6.07, 6.45) is -0.590. The molecule has 2 aromatic rings. The van der Waals surface area contributed by atoms with Crippen molar-refractivity contribution in [2.75, 3.05) is 5.32 Å². The summed E-state index contributed by atoms with van der Waals surface area (Å²) in [4.78, 5) is 12.1. The summed E-state index contributed by atoms with van der Waals surface area (Å²) in [5.74, 6) is 0.426. The second kappa shape index (κ2) is 6.64. The van der Waals surface area contributed by atoms with Crippen molar-refractivity contribution in [1.82, 2.24) is 0 Å². The molecule has 2 aromatic carbocycles. The van der Waals surface area contributed by atoms with E-state index < -0.39 is 6.10 Å². The Bertz CT molecular complexity index is 638. The highest BCUT2D eigenvalue weighted by Crippen LogP contribution is 2.18. The van der Waals surface area contributed by atoms with E-state index in [1.807, 2.05) is 32.0 Å². The van der Waals surface area contributed by atoms with Gasteiger partial charge < -0.3 is 10.1 Å². The summed E-state index contributed by atoms with van der Waals surface area (Å²) >= 11 is 5.81. The van der Waals surface area contributed by atoms with Crippen molar-refractivity contribution in [3.05, 3.63) is 58.6 Å². The Morgan fingerprint density at radius 1 is 1.10 bits per heavy atom. The molecular formula is C17H18ClNO2. The summed E-state index contributed by atoms with van der Waals surface area (Å²) in [6.45, 7) is 5.76. The lowest BCUT2D eigenvalue weighted by Crippen LogP contribution is -2.30. The van der Waals surface area contributed by atoms with Crippen LogP contribution in [0, 0.1) is 13.8 Å². The van der Waals surface area contributed by atoms with E-state index in [0.717, 1.165) is 11.3 Å². The third kappa shape index (κ3) is 4.23. The van der Waals surface area contributed by atoms with E-state index in [9.17, 15) is 4.79 Å². The standard InChI is InChI=1S/C17H18ClNO2/c1-11-4-7-15(10-12(11)2)19-17(20)13(3)21-16-8-5-14(18)6-9-16/h4-10,13H,1-3H3,(H,19,20)/t13-/m0/s1. The molecular weight excluding hydrogens is 286 g/mol. The molecule has 0 bridgehead atoms. The number of carbonyl (C=O) groups excluding carboxylic acids is 1. The number of rotatable bonds is 4. The van der Waals surface area contributed by atoms with E-state index >= 15 is 0 Å². The number of ether oxygens (including phenoxy) is 1. The average Bonchev–Trinajstić information content (AvgIpc) is 2.45. The smallest absolute Gasteiger partial charge is 0.265 e. The van der Waals surface area contributed by atoms with E-state index in [0.29, 0.717) is 10.8 Å². The highest BCUT2D eigenvalue weighted by Gasteiger charge is 2.15. The zero-order valence-electron chi connectivity index (χ0n) is 12.3. The van der Waals surface area contributed by atoms with Gasteiger partial charge in [-0.3, -0.25) is 4.79 Å². The monoisotopic (exact) mass is 303 g/mol. The van der Waals surface area contributed by atoms with Crippen molar-refractivity contribution < 1.29 is 9.53 Å². The molecule has 3 nitrogen and oxygen atoms in total. The van der Waals surface area contributed by atoms with Gasteiger partial charge in [-0.15, -0.1) is 0 Å². The number of hydrogen-bond acceptors (Lipinski definition) is 2. The lowest BCUT2D eigenvalue weighted by molar-refractivity contribution is -0.122. The van der Waals surface area contributed by atoms with Crippen LogP contribution < -0.4 is 10.1 Å². The quantitative estimate of drug-likeness (QED) is 0.911. The first-order valence-electron chi connectivity index (χ1n) is 6.76. The van der Waals surface area contributed by atoms with Gasteiger partial charge in [0.05, 0.1) is 0 Å². The minimum atomic E-state index is -0.590. The van der Waals surface area contributed by atoms with E-state index in [4.69, 9.17) is 16.3 Å². The van der Waals surface area contributed by atoms with Crippen LogP contribution in [0.3, 0.4) is 0 Å². The van der Waals surface area contributed by atoms with E-state index in [-0.39, 0.29) is 5.91 Å². The predicted molar refractivity (Wildman–Crippen MR) is 86.1 cm³/mol. The van der Waals surface area contributed by atoms with Crippen molar-refractivity contribution in [3.8, 4) is 5.75 Å². The molecule has 2 rings (SSSR count). The van der Waals surface area contributed by atoms with E-state index in [2.05, 4.69) is 5.32 Å². The first-order valence-corrected chi connectivity index (χ1v) is 7.14. The molecule has 0 heterocycles. The Hall–Kier alpha value is -2.00. The number of anilines is 1. The molecule has 1 atom stereocenters. The maximum Gasteiger partial charge on any atom is 0.265 e. The maximum atomic E-state index is 12.1. The Kier molecular flexibility index (Phi) is 4.86. The van der Waals surface area contributed by atoms with Gasteiger partial charge in [0.2, 0.25) is 0 Å². The zero-order valence-corrected chi connectivity index (χ0v) is 13.1. The molecule has 0 aliphatic carbocycles. The van der Waals surface area contributed by atoms with Gasteiger partial charge in [-0.1, -0.05) is 17.7 Å². The Morgan fingerprint density at radius 3 is 2.38 bits per heavy atom. The van der Waals surface area contributed by atoms with Crippen LogP contribution in [0.1, 0.15) is 18.1 Å². The molecule has 110 valence electrons.